The van der Waals surface area contributed by atoms with Crippen molar-refractivity contribution in [2.75, 3.05) is 6.54 Å². The van der Waals surface area contributed by atoms with Gasteiger partial charge >= 0.3 is 0 Å². The summed E-state index contributed by atoms with van der Waals surface area (Å²) < 4.78 is 6.39. The molecular formula is C25H26N4O2. The lowest BCUT2D eigenvalue weighted by Gasteiger charge is -2.26. The highest BCUT2D eigenvalue weighted by Crippen LogP contribution is 2.30. The maximum atomic E-state index is 12.7. The van der Waals surface area contributed by atoms with Crippen LogP contribution >= 0.6 is 0 Å². The van der Waals surface area contributed by atoms with Gasteiger partial charge in [-0.2, -0.15) is 5.26 Å². The molecule has 1 heterocycles. The zero-order chi connectivity index (χ0) is 22.1. The standard InChI is InChI=1S/C25H26N4O2/c1-18(2)16-23(25(30)29-13-12-26)31-24(20-6-4-3-5-7-20)21-10-8-19(9-11-21)22-17-27-14-15-28-22/h3-11,14-15,17-18,23-24H,13,16H2,1-2H3,(H,29,30)/t23-,24?/m0/s1. The minimum absolute atomic E-state index is 0.0421. The van der Waals surface area contributed by atoms with Gasteiger partial charge in [-0.05, 0) is 23.5 Å². The number of nitrogens with one attached hydrogen (secondary N) is 1. The van der Waals surface area contributed by atoms with Gasteiger partial charge < -0.3 is 10.1 Å². The first-order chi connectivity index (χ1) is 15.1. The highest BCUT2D eigenvalue weighted by molar-refractivity contribution is 5.81. The predicted molar refractivity (Wildman–Crippen MR) is 119 cm³/mol. The number of hydrogen-bond acceptors (Lipinski definition) is 5. The molecule has 0 bridgehead atoms. The molecular weight excluding hydrogens is 388 g/mol. The monoisotopic (exact) mass is 414 g/mol. The molecule has 3 aromatic rings. The molecule has 6 heteroatoms. The second-order valence-corrected chi connectivity index (χ2v) is 7.63. The van der Waals surface area contributed by atoms with Gasteiger partial charge in [0, 0.05) is 18.0 Å². The topological polar surface area (TPSA) is 87.9 Å². The molecule has 1 N–H and O–H groups in total. The number of amides is 1. The van der Waals surface area contributed by atoms with Gasteiger partial charge in [-0.15, -0.1) is 0 Å². The molecule has 0 fully saturated rings. The number of rotatable bonds is 9. The van der Waals surface area contributed by atoms with Crippen molar-refractivity contribution < 1.29 is 9.53 Å². The number of nitriles is 1. The van der Waals surface area contributed by atoms with Crippen molar-refractivity contribution in [3.63, 3.8) is 0 Å². The van der Waals surface area contributed by atoms with Gasteiger partial charge in [-0.3, -0.25) is 14.8 Å². The Kier molecular flexibility index (Phi) is 7.85. The number of carbonyl (C=O) groups excluding carboxylic acids is 1. The van der Waals surface area contributed by atoms with Crippen molar-refractivity contribution in [3.05, 3.63) is 84.3 Å². The summed E-state index contributed by atoms with van der Waals surface area (Å²) in [6.45, 7) is 4.04. The molecule has 0 saturated heterocycles. The van der Waals surface area contributed by atoms with Crippen LogP contribution in [-0.2, 0) is 9.53 Å². The number of benzene rings is 2. The van der Waals surface area contributed by atoms with Crippen LogP contribution in [0.4, 0.5) is 0 Å². The first-order valence-electron chi connectivity index (χ1n) is 10.3. The van der Waals surface area contributed by atoms with Crippen molar-refractivity contribution >= 4 is 5.91 Å². The Morgan fingerprint density at radius 1 is 1.06 bits per heavy atom. The number of carbonyl (C=O) groups is 1. The molecule has 1 unspecified atom stereocenters. The Bertz CT molecular complexity index is 999. The first-order valence-corrected chi connectivity index (χ1v) is 10.3. The minimum Gasteiger partial charge on any atom is -0.356 e. The molecule has 0 spiro atoms. The summed E-state index contributed by atoms with van der Waals surface area (Å²) in [4.78, 5) is 21.1. The summed E-state index contributed by atoms with van der Waals surface area (Å²) in [6.07, 6.45) is 4.49. The second-order valence-electron chi connectivity index (χ2n) is 7.63. The Balaban J connectivity index is 1.91. The Hall–Kier alpha value is -3.56. The molecule has 0 radical (unpaired) electrons. The Morgan fingerprint density at radius 3 is 2.39 bits per heavy atom. The van der Waals surface area contributed by atoms with Gasteiger partial charge in [-0.25, -0.2) is 0 Å². The van der Waals surface area contributed by atoms with E-state index in [1.807, 2.05) is 74.5 Å². The molecule has 2 aromatic carbocycles. The van der Waals surface area contributed by atoms with E-state index >= 15 is 0 Å². The summed E-state index contributed by atoms with van der Waals surface area (Å²) in [5.74, 6) is -0.0133. The van der Waals surface area contributed by atoms with E-state index in [1.165, 1.54) is 0 Å². The average Bonchev–Trinajstić information content (AvgIpc) is 2.81. The molecule has 1 amide bonds. The van der Waals surface area contributed by atoms with Crippen molar-refractivity contribution in [2.24, 2.45) is 5.92 Å². The van der Waals surface area contributed by atoms with E-state index in [-0.39, 0.29) is 18.4 Å². The third-order valence-electron chi connectivity index (χ3n) is 4.79. The van der Waals surface area contributed by atoms with E-state index in [9.17, 15) is 4.79 Å². The Morgan fingerprint density at radius 2 is 1.77 bits per heavy atom. The summed E-state index contributed by atoms with van der Waals surface area (Å²) in [7, 11) is 0. The summed E-state index contributed by atoms with van der Waals surface area (Å²) in [5.41, 5.74) is 3.63. The van der Waals surface area contributed by atoms with E-state index < -0.39 is 12.2 Å². The summed E-state index contributed by atoms with van der Waals surface area (Å²) >= 11 is 0. The molecule has 0 saturated carbocycles. The van der Waals surface area contributed by atoms with Crippen LogP contribution in [-0.4, -0.2) is 28.5 Å². The molecule has 2 atom stereocenters. The predicted octanol–water partition coefficient (Wildman–Crippen LogP) is 4.30. The number of nitrogens with zero attached hydrogens (tertiary/aromatic N) is 3. The molecule has 0 aliphatic carbocycles. The molecule has 6 nitrogen and oxygen atoms in total. The molecule has 31 heavy (non-hydrogen) atoms. The summed E-state index contributed by atoms with van der Waals surface area (Å²) in [5, 5.41) is 11.5. The van der Waals surface area contributed by atoms with Crippen LogP contribution in [0.1, 0.15) is 37.5 Å². The van der Waals surface area contributed by atoms with E-state index in [0.29, 0.717) is 6.42 Å². The SMILES string of the molecule is CC(C)C[C@H](OC(c1ccccc1)c1ccc(-c2cnccn2)cc1)C(=O)NCC#N. The van der Waals surface area contributed by atoms with Crippen LogP contribution in [0.2, 0.25) is 0 Å². The normalized spacial score (nSPS) is 12.7. The van der Waals surface area contributed by atoms with Crippen molar-refractivity contribution in [1.29, 1.82) is 5.26 Å². The highest BCUT2D eigenvalue weighted by atomic mass is 16.5. The lowest BCUT2D eigenvalue weighted by atomic mass is 9.98. The molecule has 158 valence electrons. The lowest BCUT2D eigenvalue weighted by Crippen LogP contribution is -2.38. The maximum Gasteiger partial charge on any atom is 0.250 e. The van der Waals surface area contributed by atoms with E-state index in [4.69, 9.17) is 10.00 Å². The van der Waals surface area contributed by atoms with Gasteiger partial charge in [0.2, 0.25) is 5.91 Å². The van der Waals surface area contributed by atoms with Gasteiger partial charge in [0.15, 0.2) is 0 Å². The fourth-order valence-electron chi connectivity index (χ4n) is 3.31. The van der Waals surface area contributed by atoms with Crippen LogP contribution in [0, 0.1) is 17.2 Å². The molecule has 1 aromatic heterocycles. The number of hydrogen-bond donors (Lipinski definition) is 1. The fourth-order valence-corrected chi connectivity index (χ4v) is 3.31. The quantitative estimate of drug-likeness (QED) is 0.527. The molecule has 3 rings (SSSR count). The maximum absolute atomic E-state index is 12.7. The third kappa shape index (κ3) is 6.21. The zero-order valence-corrected chi connectivity index (χ0v) is 17.7. The van der Waals surface area contributed by atoms with Crippen LogP contribution < -0.4 is 5.32 Å². The van der Waals surface area contributed by atoms with E-state index in [0.717, 1.165) is 22.4 Å². The van der Waals surface area contributed by atoms with E-state index in [2.05, 4.69) is 15.3 Å². The largest absolute Gasteiger partial charge is 0.356 e. The van der Waals surface area contributed by atoms with Gasteiger partial charge in [0.05, 0.1) is 18.0 Å². The zero-order valence-electron chi connectivity index (χ0n) is 17.7. The van der Waals surface area contributed by atoms with Gasteiger partial charge in [-0.1, -0.05) is 68.4 Å². The number of ether oxygens (including phenoxy) is 1. The smallest absolute Gasteiger partial charge is 0.250 e. The van der Waals surface area contributed by atoms with Gasteiger partial charge in [0.25, 0.3) is 0 Å². The lowest BCUT2D eigenvalue weighted by molar-refractivity contribution is -0.136. The van der Waals surface area contributed by atoms with Crippen molar-refractivity contribution in [2.45, 2.75) is 32.5 Å². The summed E-state index contributed by atoms with van der Waals surface area (Å²) in [6, 6.07) is 19.7. The molecule has 0 aliphatic rings. The second kappa shape index (κ2) is 11.0. The average molecular weight is 415 g/mol. The third-order valence-corrected chi connectivity index (χ3v) is 4.79. The van der Waals surface area contributed by atoms with Crippen LogP contribution in [0.25, 0.3) is 11.3 Å². The van der Waals surface area contributed by atoms with Crippen LogP contribution in [0.5, 0.6) is 0 Å². The van der Waals surface area contributed by atoms with Gasteiger partial charge in [0.1, 0.15) is 18.8 Å². The molecule has 0 aliphatic heterocycles. The van der Waals surface area contributed by atoms with Crippen molar-refractivity contribution in [3.8, 4) is 17.3 Å². The Labute approximate surface area is 182 Å². The van der Waals surface area contributed by atoms with Crippen LogP contribution in [0.3, 0.4) is 0 Å². The number of aromatic nitrogens is 2. The first kappa shape index (κ1) is 22.1. The highest BCUT2D eigenvalue weighted by Gasteiger charge is 2.26. The van der Waals surface area contributed by atoms with E-state index in [1.54, 1.807) is 18.6 Å². The minimum atomic E-state index is -0.668. The van der Waals surface area contributed by atoms with Crippen molar-refractivity contribution in [1.82, 2.24) is 15.3 Å². The fraction of sp³-hybridized carbons (Fsp3) is 0.280. The van der Waals surface area contributed by atoms with Crippen LogP contribution in [0.15, 0.2) is 73.2 Å².